The van der Waals surface area contributed by atoms with Gasteiger partial charge in [0.05, 0.1) is 0 Å². The van der Waals surface area contributed by atoms with E-state index in [4.69, 9.17) is 19.4 Å². The molecule has 8 aromatic carbocycles. The predicted molar refractivity (Wildman–Crippen MR) is 216 cm³/mol. The number of hydrogen-bond acceptors (Lipinski definition) is 4. The SMILES string of the molecule is c1ccc(-c2ccc(-c3nc(-c4ccccc4)nc(-c4cccc5oc6c(-c7ccc8c9c(cccc79)-c7ccccc7-8)cccc6c45)n3)cc2)cc1. The third kappa shape index (κ3) is 4.66. The molecule has 0 bridgehead atoms. The highest BCUT2D eigenvalue weighted by molar-refractivity contribution is 6.21. The number of aromatic nitrogens is 3. The van der Waals surface area contributed by atoms with E-state index in [2.05, 4.69) is 127 Å². The monoisotopic (exact) mass is 675 g/mol. The summed E-state index contributed by atoms with van der Waals surface area (Å²) in [5.74, 6) is 1.84. The molecule has 11 rings (SSSR count). The van der Waals surface area contributed by atoms with Crippen molar-refractivity contribution in [2.45, 2.75) is 0 Å². The van der Waals surface area contributed by atoms with Gasteiger partial charge in [-0.2, -0.15) is 0 Å². The molecule has 0 spiro atoms. The molecule has 1 aliphatic rings. The minimum absolute atomic E-state index is 0.600. The third-order valence-corrected chi connectivity index (χ3v) is 10.5. The van der Waals surface area contributed by atoms with E-state index in [0.29, 0.717) is 17.5 Å². The van der Waals surface area contributed by atoms with Gasteiger partial charge < -0.3 is 4.42 Å². The van der Waals surface area contributed by atoms with Crippen LogP contribution >= 0.6 is 0 Å². The maximum atomic E-state index is 6.80. The summed E-state index contributed by atoms with van der Waals surface area (Å²) in [5, 5.41) is 4.52. The second-order valence-electron chi connectivity index (χ2n) is 13.5. The molecule has 0 amide bonds. The van der Waals surface area contributed by atoms with E-state index in [1.807, 2.05) is 48.5 Å². The van der Waals surface area contributed by atoms with Gasteiger partial charge in [0.1, 0.15) is 11.2 Å². The minimum atomic E-state index is 0.600. The van der Waals surface area contributed by atoms with Gasteiger partial charge in [-0.05, 0) is 55.8 Å². The van der Waals surface area contributed by atoms with Gasteiger partial charge in [-0.25, -0.2) is 15.0 Å². The molecule has 0 fully saturated rings. The largest absolute Gasteiger partial charge is 0.455 e. The Morgan fingerprint density at radius 1 is 0.283 bits per heavy atom. The molecule has 4 heteroatoms. The van der Waals surface area contributed by atoms with Crippen molar-refractivity contribution in [2.24, 2.45) is 0 Å². The van der Waals surface area contributed by atoms with Gasteiger partial charge in [0, 0.05) is 33.0 Å². The lowest BCUT2D eigenvalue weighted by Gasteiger charge is -2.10. The Labute approximate surface area is 305 Å². The zero-order chi connectivity index (χ0) is 34.9. The van der Waals surface area contributed by atoms with E-state index >= 15 is 0 Å². The Morgan fingerprint density at radius 2 is 0.774 bits per heavy atom. The first-order valence-corrected chi connectivity index (χ1v) is 17.9. The van der Waals surface area contributed by atoms with Crippen LogP contribution in [0.25, 0.3) is 111 Å². The van der Waals surface area contributed by atoms with Crippen molar-refractivity contribution in [3.8, 4) is 78.7 Å². The van der Waals surface area contributed by atoms with Crippen LogP contribution in [-0.4, -0.2) is 15.0 Å². The molecule has 53 heavy (non-hydrogen) atoms. The van der Waals surface area contributed by atoms with Crippen LogP contribution in [0.5, 0.6) is 0 Å². The number of fused-ring (bicyclic) bond motifs is 6. The Kier molecular flexibility index (Phi) is 6.52. The average Bonchev–Trinajstić information content (AvgIpc) is 3.79. The molecule has 0 atom stereocenters. The fourth-order valence-electron chi connectivity index (χ4n) is 8.07. The molecule has 2 heterocycles. The Hall–Kier alpha value is -7.17. The number of para-hydroxylation sites is 1. The number of benzene rings is 8. The van der Waals surface area contributed by atoms with Gasteiger partial charge in [-0.1, -0.05) is 170 Å². The molecule has 246 valence electrons. The molecule has 10 aromatic rings. The molecule has 0 N–H and O–H groups in total. The molecule has 0 unspecified atom stereocenters. The number of nitrogens with zero attached hydrogens (tertiary/aromatic N) is 3. The summed E-state index contributed by atoms with van der Waals surface area (Å²) in [5.41, 5.74) is 14.0. The van der Waals surface area contributed by atoms with Crippen molar-refractivity contribution >= 4 is 32.7 Å². The highest BCUT2D eigenvalue weighted by atomic mass is 16.3. The molecule has 0 aliphatic heterocycles. The maximum Gasteiger partial charge on any atom is 0.164 e. The predicted octanol–water partition coefficient (Wildman–Crippen LogP) is 12.9. The van der Waals surface area contributed by atoms with Crippen LogP contribution in [0.15, 0.2) is 180 Å². The molecule has 0 saturated carbocycles. The average molecular weight is 676 g/mol. The summed E-state index contributed by atoms with van der Waals surface area (Å²) in [6.45, 7) is 0. The smallest absolute Gasteiger partial charge is 0.164 e. The van der Waals surface area contributed by atoms with Crippen LogP contribution in [0.3, 0.4) is 0 Å². The van der Waals surface area contributed by atoms with Crippen LogP contribution in [0, 0.1) is 0 Å². The van der Waals surface area contributed by atoms with Crippen LogP contribution in [0.2, 0.25) is 0 Å². The van der Waals surface area contributed by atoms with E-state index in [-0.39, 0.29) is 0 Å². The number of furan rings is 1. The van der Waals surface area contributed by atoms with Gasteiger partial charge in [0.2, 0.25) is 0 Å². The topological polar surface area (TPSA) is 51.8 Å². The van der Waals surface area contributed by atoms with Crippen molar-refractivity contribution < 1.29 is 4.42 Å². The number of hydrogen-bond donors (Lipinski definition) is 0. The Balaban J connectivity index is 1.09. The molecular formula is C49H29N3O. The second kappa shape index (κ2) is 11.7. The van der Waals surface area contributed by atoms with Gasteiger partial charge in [-0.3, -0.25) is 0 Å². The van der Waals surface area contributed by atoms with Crippen molar-refractivity contribution in [3.63, 3.8) is 0 Å². The lowest BCUT2D eigenvalue weighted by atomic mass is 9.93. The van der Waals surface area contributed by atoms with Crippen LogP contribution in [0.1, 0.15) is 0 Å². The van der Waals surface area contributed by atoms with E-state index in [9.17, 15) is 0 Å². The normalized spacial score (nSPS) is 11.8. The summed E-state index contributed by atoms with van der Waals surface area (Å²) >= 11 is 0. The molecule has 4 nitrogen and oxygen atoms in total. The van der Waals surface area contributed by atoms with Crippen molar-refractivity contribution in [3.05, 3.63) is 176 Å². The maximum absolute atomic E-state index is 6.80. The molecule has 0 saturated heterocycles. The lowest BCUT2D eigenvalue weighted by Crippen LogP contribution is -2.00. The Morgan fingerprint density at radius 3 is 1.51 bits per heavy atom. The van der Waals surface area contributed by atoms with Crippen LogP contribution < -0.4 is 0 Å². The lowest BCUT2D eigenvalue weighted by molar-refractivity contribution is 0.670. The summed E-state index contributed by atoms with van der Waals surface area (Å²) in [6.07, 6.45) is 0. The zero-order valence-corrected chi connectivity index (χ0v) is 28.5. The first-order valence-electron chi connectivity index (χ1n) is 17.9. The van der Waals surface area contributed by atoms with Crippen molar-refractivity contribution in [1.29, 1.82) is 0 Å². The van der Waals surface area contributed by atoms with Gasteiger partial charge in [0.15, 0.2) is 17.5 Å². The third-order valence-electron chi connectivity index (χ3n) is 10.5. The van der Waals surface area contributed by atoms with Crippen LogP contribution in [0.4, 0.5) is 0 Å². The highest BCUT2D eigenvalue weighted by Gasteiger charge is 2.24. The van der Waals surface area contributed by atoms with Crippen molar-refractivity contribution in [1.82, 2.24) is 15.0 Å². The van der Waals surface area contributed by atoms with E-state index < -0.39 is 0 Å². The summed E-state index contributed by atoms with van der Waals surface area (Å²) in [7, 11) is 0. The quantitative estimate of drug-likeness (QED) is 0.182. The second-order valence-corrected chi connectivity index (χ2v) is 13.5. The van der Waals surface area contributed by atoms with E-state index in [0.717, 1.165) is 55.3 Å². The van der Waals surface area contributed by atoms with E-state index in [1.165, 1.54) is 38.6 Å². The van der Waals surface area contributed by atoms with Crippen LogP contribution in [-0.2, 0) is 0 Å². The van der Waals surface area contributed by atoms with Gasteiger partial charge in [-0.15, -0.1) is 0 Å². The summed E-state index contributed by atoms with van der Waals surface area (Å²) in [4.78, 5) is 15.3. The summed E-state index contributed by atoms with van der Waals surface area (Å²) < 4.78 is 6.80. The highest BCUT2D eigenvalue weighted by Crippen LogP contribution is 2.50. The standard InChI is InChI=1S/C49H29N3O/c1-3-12-30(13-4-1)31-24-26-33(27-25-31)48-50-47(32-14-5-2-6-15-32)51-49(52-48)42-22-11-23-43-45(42)41-21-10-20-40(46(41)53-43)36-28-29-39-35-17-8-7-16-34(35)37-18-9-19-38(36)44(37)39/h1-29H. The fourth-order valence-corrected chi connectivity index (χ4v) is 8.07. The fraction of sp³-hybridized carbons (Fsp3) is 0. The van der Waals surface area contributed by atoms with Gasteiger partial charge >= 0.3 is 0 Å². The van der Waals surface area contributed by atoms with Gasteiger partial charge in [0.25, 0.3) is 0 Å². The molecular weight excluding hydrogens is 647 g/mol. The molecule has 0 radical (unpaired) electrons. The first kappa shape index (κ1) is 29.5. The first-order chi connectivity index (χ1) is 26.3. The zero-order valence-electron chi connectivity index (χ0n) is 28.5. The molecule has 2 aromatic heterocycles. The summed E-state index contributed by atoms with van der Waals surface area (Å²) in [6, 6.07) is 61.4. The number of rotatable bonds is 5. The van der Waals surface area contributed by atoms with Crippen molar-refractivity contribution in [2.75, 3.05) is 0 Å². The van der Waals surface area contributed by atoms with E-state index in [1.54, 1.807) is 0 Å². The molecule has 1 aliphatic carbocycles. The minimum Gasteiger partial charge on any atom is -0.455 e. The Bertz CT molecular complexity index is 3010.